The summed E-state index contributed by atoms with van der Waals surface area (Å²) in [6, 6.07) is 7.53. The van der Waals surface area contributed by atoms with Gasteiger partial charge in [-0.25, -0.2) is 0 Å². The van der Waals surface area contributed by atoms with Gasteiger partial charge in [0, 0.05) is 32.2 Å². The molecular formula is C19H31N3O4. The number of aliphatic hydroxyl groups excluding tert-OH is 1. The maximum Gasteiger partial charge on any atom is 0.191 e. The maximum atomic E-state index is 9.31. The summed E-state index contributed by atoms with van der Waals surface area (Å²) in [6.07, 6.45) is 1.66. The van der Waals surface area contributed by atoms with E-state index in [1.807, 2.05) is 31.2 Å². The van der Waals surface area contributed by atoms with Crippen LogP contribution in [-0.4, -0.2) is 64.2 Å². The molecule has 1 fully saturated rings. The van der Waals surface area contributed by atoms with Crippen LogP contribution in [0.4, 0.5) is 0 Å². The quantitative estimate of drug-likeness (QED) is 0.453. The minimum atomic E-state index is -0.0249. The lowest BCUT2D eigenvalue weighted by Crippen LogP contribution is -2.46. The molecule has 1 aromatic carbocycles. The lowest BCUT2D eigenvalue weighted by Gasteiger charge is -2.28. The van der Waals surface area contributed by atoms with Gasteiger partial charge in [0.25, 0.3) is 0 Å². The standard InChI is InChI=1S/C19H31N3O4/c1-15(26-17-6-4-16(24-3)5-7-17)12-21-18(20-2)22-13-19(8-10-23)9-11-25-14-19/h4-7,15,23H,8-14H2,1-3H3,(H2,20,21,22). The molecule has 26 heavy (non-hydrogen) atoms. The third-order valence-electron chi connectivity index (χ3n) is 4.64. The van der Waals surface area contributed by atoms with Crippen molar-refractivity contribution in [3.63, 3.8) is 0 Å². The number of nitrogens with one attached hydrogen (secondary N) is 2. The highest BCUT2D eigenvalue weighted by atomic mass is 16.5. The van der Waals surface area contributed by atoms with Gasteiger partial charge in [-0.05, 0) is 44.0 Å². The van der Waals surface area contributed by atoms with Crippen LogP contribution in [-0.2, 0) is 4.74 Å². The van der Waals surface area contributed by atoms with Gasteiger partial charge in [-0.1, -0.05) is 0 Å². The first-order chi connectivity index (χ1) is 12.6. The third-order valence-corrected chi connectivity index (χ3v) is 4.64. The highest BCUT2D eigenvalue weighted by Crippen LogP contribution is 2.31. The molecule has 1 heterocycles. The van der Waals surface area contributed by atoms with Crippen LogP contribution < -0.4 is 20.1 Å². The summed E-state index contributed by atoms with van der Waals surface area (Å²) in [6.45, 7) is 4.94. The van der Waals surface area contributed by atoms with E-state index in [0.717, 1.165) is 43.5 Å². The Morgan fingerprint density at radius 2 is 2.04 bits per heavy atom. The number of hydrogen-bond acceptors (Lipinski definition) is 5. The number of rotatable bonds is 9. The zero-order valence-electron chi connectivity index (χ0n) is 16.0. The van der Waals surface area contributed by atoms with Gasteiger partial charge in [0.1, 0.15) is 17.6 Å². The van der Waals surface area contributed by atoms with Crippen molar-refractivity contribution in [2.24, 2.45) is 10.4 Å². The van der Waals surface area contributed by atoms with Crippen LogP contribution in [0.15, 0.2) is 29.3 Å². The Bertz CT molecular complexity index is 556. The van der Waals surface area contributed by atoms with Gasteiger partial charge >= 0.3 is 0 Å². The van der Waals surface area contributed by atoms with Crippen LogP contribution in [0.1, 0.15) is 19.8 Å². The fraction of sp³-hybridized carbons (Fsp3) is 0.632. The van der Waals surface area contributed by atoms with E-state index in [9.17, 15) is 5.11 Å². The number of nitrogens with zero attached hydrogens (tertiary/aromatic N) is 1. The Labute approximate surface area is 155 Å². The molecule has 3 N–H and O–H groups in total. The lowest BCUT2D eigenvalue weighted by atomic mass is 9.84. The molecule has 1 aromatic rings. The fourth-order valence-electron chi connectivity index (χ4n) is 2.97. The first-order valence-corrected chi connectivity index (χ1v) is 9.04. The minimum Gasteiger partial charge on any atom is -0.497 e. The van der Waals surface area contributed by atoms with Crippen molar-refractivity contribution in [1.29, 1.82) is 0 Å². The molecule has 1 aliphatic heterocycles. The van der Waals surface area contributed by atoms with Gasteiger partial charge < -0.3 is 30.0 Å². The largest absolute Gasteiger partial charge is 0.497 e. The molecular weight excluding hydrogens is 334 g/mol. The molecule has 1 aliphatic rings. The average molecular weight is 365 g/mol. The molecule has 1 saturated heterocycles. The van der Waals surface area contributed by atoms with E-state index in [1.165, 1.54) is 0 Å². The first-order valence-electron chi connectivity index (χ1n) is 9.04. The van der Waals surface area contributed by atoms with E-state index < -0.39 is 0 Å². The second-order valence-electron chi connectivity index (χ2n) is 6.69. The van der Waals surface area contributed by atoms with Crippen LogP contribution in [0.3, 0.4) is 0 Å². The zero-order valence-corrected chi connectivity index (χ0v) is 16.0. The normalized spacial score (nSPS) is 21.3. The van der Waals surface area contributed by atoms with Crippen molar-refractivity contribution >= 4 is 5.96 Å². The number of guanidine groups is 1. The van der Waals surface area contributed by atoms with Gasteiger partial charge in [0.2, 0.25) is 0 Å². The number of hydrogen-bond donors (Lipinski definition) is 3. The summed E-state index contributed by atoms with van der Waals surface area (Å²) in [7, 11) is 3.39. The van der Waals surface area contributed by atoms with Gasteiger partial charge in [-0.2, -0.15) is 0 Å². The van der Waals surface area contributed by atoms with Gasteiger partial charge in [-0.3, -0.25) is 4.99 Å². The molecule has 2 atom stereocenters. The topological polar surface area (TPSA) is 84.3 Å². The van der Waals surface area contributed by atoms with E-state index in [0.29, 0.717) is 13.2 Å². The summed E-state index contributed by atoms with van der Waals surface area (Å²) in [4.78, 5) is 4.26. The van der Waals surface area contributed by atoms with Crippen molar-refractivity contribution in [3.8, 4) is 11.5 Å². The molecule has 7 heteroatoms. The maximum absolute atomic E-state index is 9.31. The molecule has 0 radical (unpaired) electrons. The van der Waals surface area contributed by atoms with Gasteiger partial charge in [0.05, 0.1) is 20.3 Å². The van der Waals surface area contributed by atoms with Crippen LogP contribution in [0.2, 0.25) is 0 Å². The van der Waals surface area contributed by atoms with Crippen molar-refractivity contribution in [3.05, 3.63) is 24.3 Å². The van der Waals surface area contributed by atoms with Crippen molar-refractivity contribution in [2.45, 2.75) is 25.9 Å². The molecule has 0 amide bonds. The van der Waals surface area contributed by atoms with E-state index in [-0.39, 0.29) is 18.1 Å². The zero-order chi connectivity index (χ0) is 18.8. The Kier molecular flexibility index (Phi) is 8.00. The Morgan fingerprint density at radius 1 is 1.31 bits per heavy atom. The van der Waals surface area contributed by atoms with Crippen molar-refractivity contribution < 1.29 is 19.3 Å². The number of ether oxygens (including phenoxy) is 3. The monoisotopic (exact) mass is 365 g/mol. The van der Waals surface area contributed by atoms with Gasteiger partial charge in [-0.15, -0.1) is 0 Å². The average Bonchev–Trinajstić information content (AvgIpc) is 3.11. The molecule has 7 nitrogen and oxygen atoms in total. The highest BCUT2D eigenvalue weighted by molar-refractivity contribution is 5.79. The summed E-state index contributed by atoms with van der Waals surface area (Å²) < 4.78 is 16.6. The molecule has 0 aliphatic carbocycles. The number of aliphatic hydroxyl groups is 1. The number of aliphatic imine (C=N–C) groups is 1. The summed E-state index contributed by atoms with van der Waals surface area (Å²) in [5, 5.41) is 15.9. The summed E-state index contributed by atoms with van der Waals surface area (Å²) >= 11 is 0. The predicted octanol–water partition coefficient (Wildman–Crippen LogP) is 1.42. The molecule has 2 rings (SSSR count). The SMILES string of the molecule is CN=C(NCC(C)Oc1ccc(OC)cc1)NCC1(CCO)CCOC1. The molecule has 2 unspecified atom stereocenters. The van der Waals surface area contributed by atoms with E-state index >= 15 is 0 Å². The Hall–Kier alpha value is -1.99. The molecule has 0 aromatic heterocycles. The van der Waals surface area contributed by atoms with Crippen LogP contribution in [0, 0.1) is 5.41 Å². The predicted molar refractivity (Wildman–Crippen MR) is 102 cm³/mol. The van der Waals surface area contributed by atoms with Crippen LogP contribution in [0.5, 0.6) is 11.5 Å². The summed E-state index contributed by atoms with van der Waals surface area (Å²) in [5.41, 5.74) is -0.0163. The number of benzene rings is 1. The Balaban J connectivity index is 1.76. The second kappa shape index (κ2) is 10.2. The van der Waals surface area contributed by atoms with Crippen molar-refractivity contribution in [2.75, 3.05) is 47.1 Å². The fourth-order valence-corrected chi connectivity index (χ4v) is 2.97. The second-order valence-corrected chi connectivity index (χ2v) is 6.69. The molecule has 0 spiro atoms. The lowest BCUT2D eigenvalue weighted by molar-refractivity contribution is 0.127. The van der Waals surface area contributed by atoms with Crippen LogP contribution in [0.25, 0.3) is 0 Å². The van der Waals surface area contributed by atoms with E-state index in [1.54, 1.807) is 14.2 Å². The van der Waals surface area contributed by atoms with E-state index in [2.05, 4.69) is 15.6 Å². The summed E-state index contributed by atoms with van der Waals surface area (Å²) in [5.74, 6) is 2.33. The molecule has 146 valence electrons. The highest BCUT2D eigenvalue weighted by Gasteiger charge is 2.34. The molecule has 0 bridgehead atoms. The van der Waals surface area contributed by atoms with Gasteiger partial charge in [0.15, 0.2) is 5.96 Å². The third kappa shape index (κ3) is 6.07. The first kappa shape index (κ1) is 20.3. The Morgan fingerprint density at radius 3 is 2.62 bits per heavy atom. The van der Waals surface area contributed by atoms with E-state index in [4.69, 9.17) is 14.2 Å². The number of methoxy groups -OCH3 is 1. The van der Waals surface area contributed by atoms with Crippen molar-refractivity contribution in [1.82, 2.24) is 10.6 Å². The van der Waals surface area contributed by atoms with Crippen LogP contribution >= 0.6 is 0 Å². The molecule has 0 saturated carbocycles. The minimum absolute atomic E-state index is 0.0163. The smallest absolute Gasteiger partial charge is 0.191 e.